The monoisotopic (exact) mass is 385 g/mol. The highest BCUT2D eigenvalue weighted by molar-refractivity contribution is 14.1. The van der Waals surface area contributed by atoms with Crippen LogP contribution in [0.3, 0.4) is 0 Å². The average Bonchev–Trinajstić information content (AvgIpc) is 2.39. The lowest BCUT2D eigenvalue weighted by atomic mass is 10.1. The maximum atomic E-state index is 12.2. The number of halogens is 2. The van der Waals surface area contributed by atoms with Gasteiger partial charge in [0.15, 0.2) is 0 Å². The molecule has 0 aliphatic rings. The summed E-state index contributed by atoms with van der Waals surface area (Å²) in [4.78, 5) is 12.2. The molecule has 1 N–H and O–H groups in total. The number of benzene rings is 2. The predicted molar refractivity (Wildman–Crippen MR) is 86.5 cm³/mol. The maximum Gasteiger partial charge on any atom is 0.252 e. The summed E-state index contributed by atoms with van der Waals surface area (Å²) < 4.78 is 0.941. The predicted octanol–water partition coefficient (Wildman–Crippen LogP) is 4.44. The third kappa shape index (κ3) is 3.70. The summed E-state index contributed by atoms with van der Waals surface area (Å²) in [7, 11) is 0. The Morgan fingerprint density at radius 3 is 2.63 bits per heavy atom. The first-order chi connectivity index (χ1) is 9.08. The van der Waals surface area contributed by atoms with Crippen molar-refractivity contribution in [1.82, 2.24) is 5.32 Å². The summed E-state index contributed by atoms with van der Waals surface area (Å²) in [6.45, 7) is 1.94. The van der Waals surface area contributed by atoms with Gasteiger partial charge in [0.1, 0.15) is 0 Å². The summed E-state index contributed by atoms with van der Waals surface area (Å²) in [5.74, 6) is -0.0718. The van der Waals surface area contributed by atoms with Crippen LogP contribution in [0.4, 0.5) is 0 Å². The molecule has 2 aromatic rings. The molecule has 19 heavy (non-hydrogen) atoms. The van der Waals surface area contributed by atoms with Crippen molar-refractivity contribution in [2.24, 2.45) is 0 Å². The molecule has 0 heterocycles. The van der Waals surface area contributed by atoms with Gasteiger partial charge in [0.05, 0.1) is 11.6 Å². The molecule has 0 aliphatic heterocycles. The van der Waals surface area contributed by atoms with E-state index in [4.69, 9.17) is 11.6 Å². The summed E-state index contributed by atoms with van der Waals surface area (Å²) >= 11 is 8.11. The molecular formula is C15H13ClINO. The molecule has 0 fully saturated rings. The fourth-order valence-electron chi connectivity index (χ4n) is 1.78. The van der Waals surface area contributed by atoms with Gasteiger partial charge in [-0.2, -0.15) is 0 Å². The van der Waals surface area contributed by atoms with E-state index in [0.29, 0.717) is 10.6 Å². The van der Waals surface area contributed by atoms with Crippen LogP contribution in [0.15, 0.2) is 48.5 Å². The van der Waals surface area contributed by atoms with E-state index in [-0.39, 0.29) is 11.9 Å². The Hall–Kier alpha value is -1.07. The van der Waals surface area contributed by atoms with Crippen molar-refractivity contribution in [3.63, 3.8) is 0 Å². The minimum Gasteiger partial charge on any atom is -0.345 e. The first-order valence-corrected chi connectivity index (χ1v) is 7.34. The van der Waals surface area contributed by atoms with Gasteiger partial charge in [-0.3, -0.25) is 4.79 Å². The van der Waals surface area contributed by atoms with Gasteiger partial charge in [-0.1, -0.05) is 35.9 Å². The van der Waals surface area contributed by atoms with E-state index < -0.39 is 0 Å². The molecule has 2 nitrogen and oxygen atoms in total. The van der Waals surface area contributed by atoms with Crippen molar-refractivity contribution in [2.75, 3.05) is 0 Å². The molecule has 0 saturated heterocycles. The van der Waals surface area contributed by atoms with Crippen LogP contribution >= 0.6 is 34.2 Å². The van der Waals surface area contributed by atoms with Crippen molar-refractivity contribution in [3.05, 3.63) is 68.3 Å². The number of carbonyl (C=O) groups is 1. The SMILES string of the molecule is CC(NC(=O)c1ccccc1I)c1cccc(Cl)c1. The number of hydrogen-bond acceptors (Lipinski definition) is 1. The van der Waals surface area contributed by atoms with E-state index in [2.05, 4.69) is 27.9 Å². The Morgan fingerprint density at radius 2 is 1.95 bits per heavy atom. The molecule has 0 bridgehead atoms. The lowest BCUT2D eigenvalue weighted by Crippen LogP contribution is -2.27. The summed E-state index contributed by atoms with van der Waals surface area (Å²) in [6.07, 6.45) is 0. The largest absolute Gasteiger partial charge is 0.345 e. The van der Waals surface area contributed by atoms with Crippen LogP contribution in [-0.2, 0) is 0 Å². The van der Waals surface area contributed by atoms with E-state index in [9.17, 15) is 4.79 Å². The van der Waals surface area contributed by atoms with Crippen LogP contribution in [-0.4, -0.2) is 5.91 Å². The zero-order valence-corrected chi connectivity index (χ0v) is 13.3. The Balaban J connectivity index is 2.13. The third-order valence-electron chi connectivity index (χ3n) is 2.81. The highest BCUT2D eigenvalue weighted by Gasteiger charge is 2.13. The van der Waals surface area contributed by atoms with Gasteiger partial charge in [0.25, 0.3) is 5.91 Å². The molecule has 98 valence electrons. The van der Waals surface area contributed by atoms with E-state index in [1.807, 2.05) is 55.5 Å². The van der Waals surface area contributed by atoms with E-state index in [0.717, 1.165) is 9.13 Å². The fourth-order valence-corrected chi connectivity index (χ4v) is 2.61. The molecule has 0 radical (unpaired) electrons. The van der Waals surface area contributed by atoms with Gasteiger partial charge in [-0.15, -0.1) is 0 Å². The van der Waals surface area contributed by atoms with Crippen molar-refractivity contribution < 1.29 is 4.79 Å². The van der Waals surface area contributed by atoms with E-state index in [1.165, 1.54) is 0 Å². The van der Waals surface area contributed by atoms with Crippen LogP contribution in [0.2, 0.25) is 5.02 Å². The molecule has 2 rings (SSSR count). The second-order valence-electron chi connectivity index (χ2n) is 4.23. The summed E-state index contributed by atoms with van der Waals surface area (Å²) in [5, 5.41) is 3.65. The van der Waals surface area contributed by atoms with Crippen molar-refractivity contribution >= 4 is 40.1 Å². The highest BCUT2D eigenvalue weighted by atomic mass is 127. The smallest absolute Gasteiger partial charge is 0.252 e. The van der Waals surface area contributed by atoms with Crippen molar-refractivity contribution in [1.29, 1.82) is 0 Å². The second-order valence-corrected chi connectivity index (χ2v) is 5.83. The van der Waals surface area contributed by atoms with Gasteiger partial charge in [0, 0.05) is 8.59 Å². The van der Waals surface area contributed by atoms with Gasteiger partial charge in [-0.05, 0) is 59.3 Å². The van der Waals surface area contributed by atoms with Crippen LogP contribution < -0.4 is 5.32 Å². The van der Waals surface area contributed by atoms with Crippen molar-refractivity contribution in [2.45, 2.75) is 13.0 Å². The molecule has 4 heteroatoms. The summed E-state index contributed by atoms with van der Waals surface area (Å²) in [5.41, 5.74) is 1.68. The molecule has 2 aromatic carbocycles. The van der Waals surface area contributed by atoms with E-state index >= 15 is 0 Å². The molecule has 0 aliphatic carbocycles. The number of nitrogens with one attached hydrogen (secondary N) is 1. The average molecular weight is 386 g/mol. The molecule has 1 amide bonds. The van der Waals surface area contributed by atoms with Gasteiger partial charge in [-0.25, -0.2) is 0 Å². The van der Waals surface area contributed by atoms with Crippen molar-refractivity contribution in [3.8, 4) is 0 Å². The van der Waals surface area contributed by atoms with Crippen LogP contribution in [0.1, 0.15) is 28.9 Å². The minimum atomic E-state index is -0.0813. The lowest BCUT2D eigenvalue weighted by Gasteiger charge is -2.15. The minimum absolute atomic E-state index is 0.0718. The number of amides is 1. The Labute approximate surface area is 131 Å². The Kier molecular flexibility index (Phi) is 4.82. The van der Waals surface area contributed by atoms with Gasteiger partial charge < -0.3 is 5.32 Å². The van der Waals surface area contributed by atoms with Crippen LogP contribution in [0.5, 0.6) is 0 Å². The quantitative estimate of drug-likeness (QED) is 0.778. The molecule has 0 spiro atoms. The Bertz CT molecular complexity index is 600. The molecule has 1 atom stereocenters. The normalized spacial score (nSPS) is 11.9. The van der Waals surface area contributed by atoms with Crippen LogP contribution in [0, 0.1) is 3.57 Å². The first-order valence-electron chi connectivity index (χ1n) is 5.89. The number of rotatable bonds is 3. The lowest BCUT2D eigenvalue weighted by molar-refractivity contribution is 0.0939. The topological polar surface area (TPSA) is 29.1 Å². The third-order valence-corrected chi connectivity index (χ3v) is 3.99. The zero-order valence-electron chi connectivity index (χ0n) is 10.4. The van der Waals surface area contributed by atoms with Crippen LogP contribution in [0.25, 0.3) is 0 Å². The summed E-state index contributed by atoms with van der Waals surface area (Å²) in [6, 6.07) is 14.9. The van der Waals surface area contributed by atoms with E-state index in [1.54, 1.807) is 0 Å². The first kappa shape index (κ1) is 14.3. The number of carbonyl (C=O) groups excluding carboxylic acids is 1. The highest BCUT2D eigenvalue weighted by Crippen LogP contribution is 2.18. The number of hydrogen-bond donors (Lipinski definition) is 1. The standard InChI is InChI=1S/C15H13ClINO/c1-10(11-5-4-6-12(16)9-11)18-15(19)13-7-2-3-8-14(13)17/h2-10H,1H3,(H,18,19). The maximum absolute atomic E-state index is 12.2. The fraction of sp³-hybridized carbons (Fsp3) is 0.133. The second kappa shape index (κ2) is 6.39. The zero-order chi connectivity index (χ0) is 13.8. The molecular weight excluding hydrogens is 373 g/mol. The molecule has 0 aromatic heterocycles. The Morgan fingerprint density at radius 1 is 1.21 bits per heavy atom. The van der Waals surface area contributed by atoms with Gasteiger partial charge in [0.2, 0.25) is 0 Å². The van der Waals surface area contributed by atoms with Gasteiger partial charge >= 0.3 is 0 Å². The molecule has 0 saturated carbocycles. The molecule has 1 unspecified atom stereocenters.